The van der Waals surface area contributed by atoms with Crippen LogP contribution in [0, 0.1) is 6.92 Å². The summed E-state index contributed by atoms with van der Waals surface area (Å²) in [6.07, 6.45) is 4.05. The van der Waals surface area contributed by atoms with Crippen molar-refractivity contribution in [3.8, 4) is 11.1 Å². The molecule has 2 aromatic carbocycles. The fourth-order valence-electron chi connectivity index (χ4n) is 2.96. The van der Waals surface area contributed by atoms with Gasteiger partial charge in [-0.05, 0) is 36.2 Å². The Morgan fingerprint density at radius 1 is 1.21 bits per heavy atom. The molecule has 0 spiro atoms. The molecule has 0 saturated heterocycles. The van der Waals surface area contributed by atoms with Crippen molar-refractivity contribution in [1.82, 2.24) is 10.2 Å². The standard InChI is InChI=1S/C20H21N3O/c1-14-9-16(7-8-19(14)18-12-22-23-13-18)20(24)10-17(11-21)15-5-3-2-4-6-15/h2-9,12-13,17H,10-11,21H2,1H3,(H,22,23)/t17-/m1/s1. The lowest BCUT2D eigenvalue weighted by molar-refractivity contribution is 0.0974. The molecule has 1 aromatic heterocycles. The van der Waals surface area contributed by atoms with Gasteiger partial charge in [0.1, 0.15) is 0 Å². The summed E-state index contributed by atoms with van der Waals surface area (Å²) in [7, 11) is 0. The maximum Gasteiger partial charge on any atom is 0.163 e. The highest BCUT2D eigenvalue weighted by Gasteiger charge is 2.16. The fourth-order valence-corrected chi connectivity index (χ4v) is 2.96. The number of nitrogens with one attached hydrogen (secondary N) is 1. The SMILES string of the molecule is Cc1cc(C(=O)C[C@H](CN)c2ccccc2)ccc1-c1cn[nH]c1. The van der Waals surface area contributed by atoms with Gasteiger partial charge in [0.25, 0.3) is 0 Å². The number of hydrogen-bond donors (Lipinski definition) is 2. The molecule has 0 saturated carbocycles. The molecule has 1 heterocycles. The Kier molecular flexibility index (Phi) is 4.87. The van der Waals surface area contributed by atoms with Crippen molar-refractivity contribution >= 4 is 5.78 Å². The van der Waals surface area contributed by atoms with E-state index in [1.165, 1.54) is 0 Å². The van der Waals surface area contributed by atoms with Crippen LogP contribution in [0.25, 0.3) is 11.1 Å². The van der Waals surface area contributed by atoms with Crippen LogP contribution in [0.4, 0.5) is 0 Å². The van der Waals surface area contributed by atoms with Gasteiger partial charge < -0.3 is 5.73 Å². The number of hydrogen-bond acceptors (Lipinski definition) is 3. The zero-order chi connectivity index (χ0) is 16.9. The summed E-state index contributed by atoms with van der Waals surface area (Å²) in [5, 5.41) is 6.79. The number of carbonyl (C=O) groups is 1. The van der Waals surface area contributed by atoms with Crippen molar-refractivity contribution < 1.29 is 4.79 Å². The maximum atomic E-state index is 12.7. The van der Waals surface area contributed by atoms with Crippen molar-refractivity contribution in [2.45, 2.75) is 19.3 Å². The number of rotatable bonds is 6. The van der Waals surface area contributed by atoms with Gasteiger partial charge in [-0.25, -0.2) is 0 Å². The Bertz CT molecular complexity index is 810. The lowest BCUT2D eigenvalue weighted by Gasteiger charge is -2.15. The quantitative estimate of drug-likeness (QED) is 0.680. The number of ketones is 1. The second-order valence-corrected chi connectivity index (χ2v) is 5.99. The van der Waals surface area contributed by atoms with Crippen LogP contribution in [-0.4, -0.2) is 22.5 Å². The number of aromatic nitrogens is 2. The van der Waals surface area contributed by atoms with Crippen molar-refractivity contribution in [3.63, 3.8) is 0 Å². The van der Waals surface area contributed by atoms with Gasteiger partial charge in [0.15, 0.2) is 5.78 Å². The highest BCUT2D eigenvalue weighted by molar-refractivity contribution is 5.97. The molecule has 0 aliphatic carbocycles. The molecule has 1 atom stereocenters. The molecule has 0 aliphatic heterocycles. The minimum Gasteiger partial charge on any atom is -0.330 e. The molecule has 3 aromatic rings. The Morgan fingerprint density at radius 2 is 2.00 bits per heavy atom. The van der Waals surface area contributed by atoms with Crippen LogP contribution in [0.2, 0.25) is 0 Å². The van der Waals surface area contributed by atoms with Crippen molar-refractivity contribution in [2.75, 3.05) is 6.54 Å². The first kappa shape index (κ1) is 16.1. The smallest absolute Gasteiger partial charge is 0.163 e. The largest absolute Gasteiger partial charge is 0.330 e. The molecule has 4 heteroatoms. The highest BCUT2D eigenvalue weighted by Crippen LogP contribution is 2.25. The van der Waals surface area contributed by atoms with Gasteiger partial charge in [-0.1, -0.05) is 42.5 Å². The number of H-pyrrole nitrogens is 1. The average molecular weight is 319 g/mol. The van der Waals surface area contributed by atoms with Crippen molar-refractivity contribution in [3.05, 3.63) is 77.6 Å². The van der Waals surface area contributed by atoms with E-state index >= 15 is 0 Å². The van der Waals surface area contributed by atoms with E-state index in [1.54, 1.807) is 6.20 Å². The molecule has 0 unspecified atom stereocenters. The molecule has 0 bridgehead atoms. The molecular formula is C20H21N3O. The van der Waals surface area contributed by atoms with Gasteiger partial charge in [-0.2, -0.15) is 5.10 Å². The third-order valence-corrected chi connectivity index (χ3v) is 4.34. The van der Waals surface area contributed by atoms with Crippen LogP contribution in [0.15, 0.2) is 60.9 Å². The summed E-state index contributed by atoms with van der Waals surface area (Å²) < 4.78 is 0. The van der Waals surface area contributed by atoms with E-state index in [0.717, 1.165) is 27.8 Å². The van der Waals surface area contributed by atoms with Gasteiger partial charge in [0, 0.05) is 29.7 Å². The summed E-state index contributed by atoms with van der Waals surface area (Å²) in [6, 6.07) is 15.8. The van der Waals surface area contributed by atoms with Crippen LogP contribution < -0.4 is 5.73 Å². The average Bonchev–Trinajstić information content (AvgIpc) is 3.14. The summed E-state index contributed by atoms with van der Waals surface area (Å²) >= 11 is 0. The van der Waals surface area contributed by atoms with Gasteiger partial charge >= 0.3 is 0 Å². The molecule has 24 heavy (non-hydrogen) atoms. The highest BCUT2D eigenvalue weighted by atomic mass is 16.1. The normalized spacial score (nSPS) is 12.1. The van der Waals surface area contributed by atoms with E-state index < -0.39 is 0 Å². The summed E-state index contributed by atoms with van der Waals surface area (Å²) in [6.45, 7) is 2.47. The second-order valence-electron chi connectivity index (χ2n) is 5.99. The van der Waals surface area contributed by atoms with Crippen LogP contribution in [-0.2, 0) is 0 Å². The number of carbonyl (C=O) groups excluding carboxylic acids is 1. The monoisotopic (exact) mass is 319 g/mol. The number of nitrogens with zero attached hydrogens (tertiary/aromatic N) is 1. The third-order valence-electron chi connectivity index (χ3n) is 4.34. The first-order valence-electron chi connectivity index (χ1n) is 8.07. The lowest BCUT2D eigenvalue weighted by Crippen LogP contribution is -2.16. The fraction of sp³-hybridized carbons (Fsp3) is 0.200. The molecule has 4 nitrogen and oxygen atoms in total. The number of benzene rings is 2. The molecular weight excluding hydrogens is 298 g/mol. The van der Waals surface area contributed by atoms with Gasteiger partial charge in [0.2, 0.25) is 0 Å². The minimum atomic E-state index is 0.0487. The molecule has 122 valence electrons. The zero-order valence-corrected chi connectivity index (χ0v) is 13.7. The van der Waals surface area contributed by atoms with Gasteiger partial charge in [-0.3, -0.25) is 9.89 Å². The Hall–Kier alpha value is -2.72. The molecule has 3 N–H and O–H groups in total. The van der Waals surface area contributed by atoms with Crippen LogP contribution in [0.1, 0.15) is 33.8 Å². The van der Waals surface area contributed by atoms with E-state index in [9.17, 15) is 4.79 Å². The van der Waals surface area contributed by atoms with E-state index in [-0.39, 0.29) is 11.7 Å². The van der Waals surface area contributed by atoms with E-state index in [2.05, 4.69) is 10.2 Å². The van der Waals surface area contributed by atoms with Gasteiger partial charge in [-0.15, -0.1) is 0 Å². The summed E-state index contributed by atoms with van der Waals surface area (Å²) in [5.74, 6) is 0.170. The van der Waals surface area contributed by atoms with Gasteiger partial charge in [0.05, 0.1) is 6.20 Å². The zero-order valence-electron chi connectivity index (χ0n) is 13.7. The number of aromatic amines is 1. The van der Waals surface area contributed by atoms with Crippen LogP contribution in [0.3, 0.4) is 0 Å². The van der Waals surface area contributed by atoms with E-state index in [0.29, 0.717) is 13.0 Å². The number of aryl methyl sites for hydroxylation is 1. The van der Waals surface area contributed by atoms with E-state index in [4.69, 9.17) is 5.73 Å². The van der Waals surface area contributed by atoms with Crippen molar-refractivity contribution in [1.29, 1.82) is 0 Å². The lowest BCUT2D eigenvalue weighted by atomic mass is 9.90. The molecule has 3 rings (SSSR count). The third kappa shape index (κ3) is 3.44. The first-order chi connectivity index (χ1) is 11.7. The molecule has 0 amide bonds. The predicted molar refractivity (Wildman–Crippen MR) is 95.9 cm³/mol. The first-order valence-corrected chi connectivity index (χ1v) is 8.07. The Morgan fingerprint density at radius 3 is 2.62 bits per heavy atom. The van der Waals surface area contributed by atoms with E-state index in [1.807, 2.05) is 61.7 Å². The molecule has 0 fully saturated rings. The maximum absolute atomic E-state index is 12.7. The number of nitrogens with two attached hydrogens (primary N) is 1. The molecule has 0 aliphatic rings. The second kappa shape index (κ2) is 7.23. The van der Waals surface area contributed by atoms with Crippen molar-refractivity contribution in [2.24, 2.45) is 5.73 Å². The van der Waals surface area contributed by atoms with Crippen LogP contribution >= 0.6 is 0 Å². The summed E-state index contributed by atoms with van der Waals surface area (Å²) in [4.78, 5) is 12.7. The molecule has 0 radical (unpaired) electrons. The Balaban J connectivity index is 1.79. The minimum absolute atomic E-state index is 0.0487. The summed E-state index contributed by atoms with van der Waals surface area (Å²) in [5.41, 5.74) is 10.9. The Labute approximate surface area is 141 Å². The predicted octanol–water partition coefficient (Wildman–Crippen LogP) is 3.70. The topological polar surface area (TPSA) is 71.8 Å². The van der Waals surface area contributed by atoms with Crippen LogP contribution in [0.5, 0.6) is 0 Å². The number of Topliss-reactive ketones (excluding diaryl/α,β-unsaturated/α-hetero) is 1.